The highest BCUT2D eigenvalue weighted by atomic mass is 16.3. The second-order valence-corrected chi connectivity index (χ2v) is 6.38. The van der Waals surface area contributed by atoms with E-state index in [1.165, 1.54) is 11.3 Å². The minimum atomic E-state index is -0.110. The Morgan fingerprint density at radius 1 is 1.27 bits per heavy atom. The van der Waals surface area contributed by atoms with Gasteiger partial charge in [-0.25, -0.2) is 0 Å². The number of benzene rings is 1. The lowest BCUT2D eigenvalue weighted by atomic mass is 10.0. The van der Waals surface area contributed by atoms with Gasteiger partial charge in [-0.15, -0.1) is 0 Å². The monoisotopic (exact) mass is 305 g/mol. The molecular formula is C18H31N3O. The molecule has 4 nitrogen and oxygen atoms in total. The Morgan fingerprint density at radius 3 is 2.50 bits per heavy atom. The van der Waals surface area contributed by atoms with Crippen molar-refractivity contribution in [3.05, 3.63) is 29.8 Å². The van der Waals surface area contributed by atoms with E-state index in [-0.39, 0.29) is 6.10 Å². The van der Waals surface area contributed by atoms with Crippen LogP contribution in [0.2, 0.25) is 0 Å². The predicted octanol–water partition coefficient (Wildman–Crippen LogP) is 2.25. The summed E-state index contributed by atoms with van der Waals surface area (Å²) in [5.41, 5.74) is 2.61. The highest BCUT2D eigenvalue weighted by molar-refractivity contribution is 5.48. The number of aliphatic hydroxyl groups excluding tert-OH is 1. The number of anilines is 1. The molecule has 1 unspecified atom stereocenters. The van der Waals surface area contributed by atoms with Crippen molar-refractivity contribution in [3.8, 4) is 0 Å². The average Bonchev–Trinajstić information content (AvgIpc) is 2.55. The molecular weight excluding hydrogens is 274 g/mol. The van der Waals surface area contributed by atoms with Crippen LogP contribution in [0.4, 0.5) is 5.69 Å². The van der Waals surface area contributed by atoms with Gasteiger partial charge in [0.05, 0.1) is 6.10 Å². The largest absolute Gasteiger partial charge is 0.393 e. The summed E-state index contributed by atoms with van der Waals surface area (Å²) in [6.07, 6.45) is 1.65. The first-order valence-corrected chi connectivity index (χ1v) is 8.55. The Bertz CT molecular complexity index is 426. The number of nitrogens with zero attached hydrogens (tertiary/aromatic N) is 2. The zero-order valence-corrected chi connectivity index (χ0v) is 14.3. The molecule has 2 N–H and O–H groups in total. The third-order valence-corrected chi connectivity index (χ3v) is 4.71. The molecule has 2 rings (SSSR count). The maximum Gasteiger partial charge on any atom is 0.0574 e. The number of rotatable bonds is 7. The first-order chi connectivity index (χ1) is 10.6. The Balaban J connectivity index is 1.83. The van der Waals surface area contributed by atoms with E-state index in [0.717, 1.165) is 45.6 Å². The van der Waals surface area contributed by atoms with Crippen molar-refractivity contribution in [1.29, 1.82) is 0 Å². The smallest absolute Gasteiger partial charge is 0.0574 e. The molecule has 1 atom stereocenters. The molecule has 4 heteroatoms. The highest BCUT2D eigenvalue weighted by Crippen LogP contribution is 2.22. The number of aliphatic hydroxyl groups is 1. The Labute approximate surface area is 135 Å². The molecule has 0 spiro atoms. The third kappa shape index (κ3) is 4.97. The summed E-state index contributed by atoms with van der Waals surface area (Å²) >= 11 is 0. The number of hydrogen-bond donors (Lipinski definition) is 2. The Hall–Kier alpha value is -1.10. The molecule has 0 radical (unpaired) electrons. The standard InChI is InChI=1S/C18H31N3O/c1-4-20(3)14-11-19-15(2)16-5-7-17(8-6-16)21-12-9-18(22)10-13-21/h5-8,15,18-19,22H,4,9-14H2,1-3H3. The number of piperidine rings is 1. The van der Waals surface area contributed by atoms with E-state index in [1.807, 2.05) is 0 Å². The molecule has 1 heterocycles. The lowest BCUT2D eigenvalue weighted by Gasteiger charge is -2.31. The lowest BCUT2D eigenvalue weighted by molar-refractivity contribution is 0.145. The number of hydrogen-bond acceptors (Lipinski definition) is 4. The van der Waals surface area contributed by atoms with Gasteiger partial charge < -0.3 is 20.2 Å². The Kier molecular flexibility index (Phi) is 6.68. The summed E-state index contributed by atoms with van der Waals surface area (Å²) < 4.78 is 0. The van der Waals surface area contributed by atoms with Crippen LogP contribution in [0.5, 0.6) is 0 Å². The summed E-state index contributed by atoms with van der Waals surface area (Å²) in [7, 11) is 2.15. The molecule has 1 aromatic rings. The molecule has 1 fully saturated rings. The van der Waals surface area contributed by atoms with E-state index in [0.29, 0.717) is 6.04 Å². The normalized spacial score (nSPS) is 18.0. The van der Waals surface area contributed by atoms with E-state index < -0.39 is 0 Å². The van der Waals surface area contributed by atoms with Crippen molar-refractivity contribution in [3.63, 3.8) is 0 Å². The summed E-state index contributed by atoms with van der Waals surface area (Å²) in [5, 5.41) is 13.2. The maximum absolute atomic E-state index is 9.59. The van der Waals surface area contributed by atoms with Crippen LogP contribution in [0.3, 0.4) is 0 Å². The van der Waals surface area contributed by atoms with Gasteiger partial charge in [-0.3, -0.25) is 0 Å². The maximum atomic E-state index is 9.59. The van der Waals surface area contributed by atoms with E-state index in [2.05, 4.69) is 60.3 Å². The molecule has 124 valence electrons. The fourth-order valence-electron chi connectivity index (χ4n) is 2.85. The molecule has 22 heavy (non-hydrogen) atoms. The molecule has 0 aliphatic carbocycles. The minimum absolute atomic E-state index is 0.110. The fraction of sp³-hybridized carbons (Fsp3) is 0.667. The molecule has 0 bridgehead atoms. The summed E-state index contributed by atoms with van der Waals surface area (Å²) in [5.74, 6) is 0. The lowest BCUT2D eigenvalue weighted by Crippen LogP contribution is -2.35. The topological polar surface area (TPSA) is 38.7 Å². The second-order valence-electron chi connectivity index (χ2n) is 6.38. The molecule has 0 amide bonds. The summed E-state index contributed by atoms with van der Waals surface area (Å²) in [6.45, 7) is 9.50. The van der Waals surface area contributed by atoms with Crippen LogP contribution in [0.15, 0.2) is 24.3 Å². The number of likely N-dealkylation sites (N-methyl/N-ethyl adjacent to an activating group) is 1. The quantitative estimate of drug-likeness (QED) is 0.810. The highest BCUT2D eigenvalue weighted by Gasteiger charge is 2.17. The van der Waals surface area contributed by atoms with Gasteiger partial charge in [0.25, 0.3) is 0 Å². The van der Waals surface area contributed by atoms with Crippen LogP contribution in [0.25, 0.3) is 0 Å². The van der Waals surface area contributed by atoms with Gasteiger partial charge in [-0.05, 0) is 51.1 Å². The second kappa shape index (κ2) is 8.51. The average molecular weight is 305 g/mol. The molecule has 0 saturated carbocycles. The van der Waals surface area contributed by atoms with Gasteiger partial charge in [0.15, 0.2) is 0 Å². The van der Waals surface area contributed by atoms with Gasteiger partial charge in [-0.2, -0.15) is 0 Å². The molecule has 0 aromatic heterocycles. The Morgan fingerprint density at radius 2 is 1.91 bits per heavy atom. The van der Waals surface area contributed by atoms with Crippen LogP contribution < -0.4 is 10.2 Å². The molecule has 1 aliphatic heterocycles. The van der Waals surface area contributed by atoms with Crippen LogP contribution in [0.1, 0.15) is 38.3 Å². The zero-order valence-electron chi connectivity index (χ0n) is 14.3. The van der Waals surface area contributed by atoms with Crippen molar-refractivity contribution < 1.29 is 5.11 Å². The van der Waals surface area contributed by atoms with Crippen LogP contribution in [-0.4, -0.2) is 55.9 Å². The first-order valence-electron chi connectivity index (χ1n) is 8.55. The molecule has 1 saturated heterocycles. The van der Waals surface area contributed by atoms with Crippen molar-refractivity contribution in [2.75, 3.05) is 44.7 Å². The zero-order chi connectivity index (χ0) is 15.9. The first kappa shape index (κ1) is 17.3. The van der Waals surface area contributed by atoms with Crippen molar-refractivity contribution in [2.45, 2.75) is 38.8 Å². The van der Waals surface area contributed by atoms with Gasteiger partial charge >= 0.3 is 0 Å². The van der Waals surface area contributed by atoms with Crippen LogP contribution in [-0.2, 0) is 0 Å². The van der Waals surface area contributed by atoms with Crippen molar-refractivity contribution in [1.82, 2.24) is 10.2 Å². The van der Waals surface area contributed by atoms with E-state index in [1.54, 1.807) is 0 Å². The van der Waals surface area contributed by atoms with Crippen molar-refractivity contribution >= 4 is 5.69 Å². The van der Waals surface area contributed by atoms with E-state index in [9.17, 15) is 5.11 Å². The summed E-state index contributed by atoms with van der Waals surface area (Å²) in [4.78, 5) is 4.68. The van der Waals surface area contributed by atoms with E-state index >= 15 is 0 Å². The third-order valence-electron chi connectivity index (χ3n) is 4.71. The van der Waals surface area contributed by atoms with Crippen LogP contribution >= 0.6 is 0 Å². The van der Waals surface area contributed by atoms with E-state index in [4.69, 9.17) is 0 Å². The van der Waals surface area contributed by atoms with Gasteiger partial charge in [0, 0.05) is 37.9 Å². The van der Waals surface area contributed by atoms with Gasteiger partial charge in [-0.1, -0.05) is 19.1 Å². The SMILES string of the molecule is CCN(C)CCNC(C)c1ccc(N2CCC(O)CC2)cc1. The molecule has 1 aliphatic rings. The van der Waals surface area contributed by atoms with Crippen molar-refractivity contribution in [2.24, 2.45) is 0 Å². The number of nitrogens with one attached hydrogen (secondary N) is 1. The van der Waals surface area contributed by atoms with Gasteiger partial charge in [0.2, 0.25) is 0 Å². The van der Waals surface area contributed by atoms with Crippen LogP contribution in [0, 0.1) is 0 Å². The fourth-order valence-corrected chi connectivity index (χ4v) is 2.85. The minimum Gasteiger partial charge on any atom is -0.393 e. The predicted molar refractivity (Wildman–Crippen MR) is 93.5 cm³/mol. The molecule has 1 aromatic carbocycles. The summed E-state index contributed by atoms with van der Waals surface area (Å²) in [6, 6.07) is 9.25. The van der Waals surface area contributed by atoms with Gasteiger partial charge in [0.1, 0.15) is 0 Å².